The maximum atomic E-state index is 6.94. The first kappa shape index (κ1) is 23.6. The lowest BCUT2D eigenvalue weighted by Gasteiger charge is -2.30. The quantitative estimate of drug-likeness (QED) is 0.414. The first-order chi connectivity index (χ1) is 16.0. The zero-order chi connectivity index (χ0) is 23.5. The van der Waals surface area contributed by atoms with E-state index in [-0.39, 0.29) is 0 Å². The molecule has 1 aliphatic heterocycles. The number of allylic oxidation sites excluding steroid dienone is 3. The smallest absolute Gasteiger partial charge is 0.137 e. The van der Waals surface area contributed by atoms with Crippen molar-refractivity contribution in [1.82, 2.24) is 5.32 Å². The largest absolute Gasteiger partial charge is 0.456 e. The Morgan fingerprint density at radius 3 is 2.27 bits per heavy atom. The zero-order valence-corrected chi connectivity index (χ0v) is 21.2. The molecule has 2 aromatic rings. The molecule has 1 heterocycles. The van der Waals surface area contributed by atoms with Crippen molar-refractivity contribution in [1.29, 1.82) is 0 Å². The van der Waals surface area contributed by atoms with Crippen LogP contribution in [0.3, 0.4) is 0 Å². The normalized spacial score (nSPS) is 14.6. The lowest BCUT2D eigenvalue weighted by Crippen LogP contribution is -2.22. The summed E-state index contributed by atoms with van der Waals surface area (Å²) in [7, 11) is 0. The van der Waals surface area contributed by atoms with Crippen LogP contribution in [0.15, 0.2) is 59.5 Å². The molecule has 33 heavy (non-hydrogen) atoms. The van der Waals surface area contributed by atoms with Gasteiger partial charge in [-0.3, -0.25) is 0 Å². The Kier molecular flexibility index (Phi) is 7.26. The van der Waals surface area contributed by atoms with Gasteiger partial charge >= 0.3 is 0 Å². The maximum Gasteiger partial charge on any atom is 0.137 e. The second kappa shape index (κ2) is 10.1. The third kappa shape index (κ3) is 4.60. The van der Waals surface area contributed by atoms with Crippen LogP contribution in [0.5, 0.6) is 5.75 Å². The summed E-state index contributed by atoms with van der Waals surface area (Å²) in [5.74, 6) is 1.64. The summed E-state index contributed by atoms with van der Waals surface area (Å²) in [6.07, 6.45) is 5.00. The van der Waals surface area contributed by atoms with Crippen LogP contribution < -0.4 is 20.3 Å². The lowest BCUT2D eigenvalue weighted by atomic mass is 9.86. The van der Waals surface area contributed by atoms with Crippen molar-refractivity contribution in [3.8, 4) is 5.75 Å². The fourth-order valence-electron chi connectivity index (χ4n) is 4.51. The summed E-state index contributed by atoms with van der Waals surface area (Å²) < 4.78 is 6.42. The minimum absolute atomic E-state index is 0.649. The molecule has 6 heteroatoms. The molecule has 2 aromatic carbocycles. The monoisotopic (exact) mass is 483 g/mol. The predicted octanol–water partition coefficient (Wildman–Crippen LogP) is 7.25. The minimum atomic E-state index is 0.649. The molecule has 0 fully saturated rings. The van der Waals surface area contributed by atoms with E-state index >= 15 is 0 Å². The molecule has 0 saturated heterocycles. The van der Waals surface area contributed by atoms with Crippen molar-refractivity contribution in [2.75, 3.05) is 36.4 Å². The SMILES string of the molecule is CCNC1=CCC2=C(c3c(Cl)cc(N(CC)CC)cc3Cl)c3ccc(NCC)cc3OC2=C1. The molecule has 0 bridgehead atoms. The van der Waals surface area contributed by atoms with Gasteiger partial charge in [0.25, 0.3) is 0 Å². The van der Waals surface area contributed by atoms with E-state index in [9.17, 15) is 0 Å². The number of likely N-dealkylation sites (N-methyl/N-ethyl adjacent to an activating group) is 1. The van der Waals surface area contributed by atoms with Crippen molar-refractivity contribution < 1.29 is 4.74 Å². The highest BCUT2D eigenvalue weighted by atomic mass is 35.5. The van der Waals surface area contributed by atoms with Gasteiger partial charge in [-0.2, -0.15) is 0 Å². The van der Waals surface area contributed by atoms with Gasteiger partial charge in [-0.15, -0.1) is 0 Å². The van der Waals surface area contributed by atoms with Crippen molar-refractivity contribution in [3.05, 3.63) is 80.7 Å². The van der Waals surface area contributed by atoms with Gasteiger partial charge in [-0.05, 0) is 58.4 Å². The summed E-state index contributed by atoms with van der Waals surface area (Å²) >= 11 is 13.9. The molecule has 0 spiro atoms. The van der Waals surface area contributed by atoms with Crippen LogP contribution in [0.1, 0.15) is 45.2 Å². The first-order valence-corrected chi connectivity index (χ1v) is 12.5. The Hall–Kier alpha value is -2.56. The highest BCUT2D eigenvalue weighted by Crippen LogP contribution is 2.49. The lowest BCUT2D eigenvalue weighted by molar-refractivity contribution is 0.425. The second-order valence-corrected chi connectivity index (χ2v) is 8.87. The van der Waals surface area contributed by atoms with Crippen LogP contribution in [-0.2, 0) is 0 Å². The summed E-state index contributed by atoms with van der Waals surface area (Å²) in [4.78, 5) is 2.25. The van der Waals surface area contributed by atoms with Crippen LogP contribution in [0, 0.1) is 0 Å². The third-order valence-electron chi connectivity index (χ3n) is 6.05. The van der Waals surface area contributed by atoms with Gasteiger partial charge < -0.3 is 20.3 Å². The van der Waals surface area contributed by atoms with E-state index in [1.54, 1.807) is 0 Å². The molecule has 1 aliphatic carbocycles. The van der Waals surface area contributed by atoms with Gasteiger partial charge in [-0.25, -0.2) is 0 Å². The number of fused-ring (bicyclic) bond motifs is 2. The van der Waals surface area contributed by atoms with Crippen LogP contribution in [0.4, 0.5) is 11.4 Å². The van der Waals surface area contributed by atoms with Crippen molar-refractivity contribution in [2.45, 2.75) is 34.1 Å². The molecule has 4 nitrogen and oxygen atoms in total. The number of ether oxygens (including phenoxy) is 1. The molecule has 0 aromatic heterocycles. The van der Waals surface area contributed by atoms with Gasteiger partial charge in [0.05, 0.1) is 10.0 Å². The fourth-order valence-corrected chi connectivity index (χ4v) is 5.17. The van der Waals surface area contributed by atoms with Crippen LogP contribution in [0.2, 0.25) is 10.0 Å². The molecule has 2 N–H and O–H groups in total. The number of hydrogen-bond acceptors (Lipinski definition) is 4. The summed E-state index contributed by atoms with van der Waals surface area (Å²) in [6, 6.07) is 10.3. The van der Waals surface area contributed by atoms with Crippen molar-refractivity contribution >= 4 is 40.1 Å². The number of halogens is 2. The number of hydrogen-bond donors (Lipinski definition) is 2. The van der Waals surface area contributed by atoms with Gasteiger partial charge in [0.2, 0.25) is 0 Å². The highest BCUT2D eigenvalue weighted by Gasteiger charge is 2.30. The van der Waals surface area contributed by atoms with E-state index in [0.29, 0.717) is 10.0 Å². The number of anilines is 2. The standard InChI is InChI=1S/C27H31Cl2N3O/c1-5-30-17-9-11-20-24(13-17)33-25-14-18(31-6-2)10-12-21(25)26(20)27-22(28)15-19(16-23(27)29)32(7-3)8-4/h9-11,13-16,30-31H,5-8,12H2,1-4H3. The first-order valence-electron chi connectivity index (χ1n) is 11.7. The topological polar surface area (TPSA) is 36.5 Å². The van der Waals surface area contributed by atoms with Crippen molar-refractivity contribution in [2.24, 2.45) is 0 Å². The fraction of sp³-hybridized carbons (Fsp3) is 0.333. The van der Waals surface area contributed by atoms with E-state index in [1.807, 2.05) is 18.2 Å². The molecule has 4 rings (SSSR count). The van der Waals surface area contributed by atoms with E-state index in [4.69, 9.17) is 27.9 Å². The Balaban J connectivity index is 1.91. The zero-order valence-electron chi connectivity index (χ0n) is 19.7. The van der Waals surface area contributed by atoms with Crippen LogP contribution in [0.25, 0.3) is 5.57 Å². The number of nitrogens with zero attached hydrogens (tertiary/aromatic N) is 1. The molecule has 0 radical (unpaired) electrons. The number of nitrogens with one attached hydrogen (secondary N) is 2. The van der Waals surface area contributed by atoms with E-state index in [0.717, 1.165) is 83.5 Å². The van der Waals surface area contributed by atoms with E-state index in [2.05, 4.69) is 67.5 Å². The summed E-state index contributed by atoms with van der Waals surface area (Å²) in [5, 5.41) is 8.07. The van der Waals surface area contributed by atoms with Gasteiger partial charge in [-0.1, -0.05) is 29.3 Å². The van der Waals surface area contributed by atoms with Gasteiger partial charge in [0.1, 0.15) is 11.5 Å². The summed E-state index contributed by atoms with van der Waals surface area (Å²) in [5.41, 5.74) is 7.12. The molecule has 0 atom stereocenters. The molecule has 2 aliphatic rings. The molecular weight excluding hydrogens is 453 g/mol. The average molecular weight is 484 g/mol. The summed E-state index contributed by atoms with van der Waals surface area (Å²) in [6.45, 7) is 11.9. The Morgan fingerprint density at radius 2 is 1.64 bits per heavy atom. The number of benzene rings is 2. The maximum absolute atomic E-state index is 6.94. The average Bonchev–Trinajstić information content (AvgIpc) is 2.79. The van der Waals surface area contributed by atoms with Gasteiger partial charge in [0, 0.05) is 77.7 Å². The molecular formula is C27H31Cl2N3O. The van der Waals surface area contributed by atoms with Gasteiger partial charge in [0.15, 0.2) is 0 Å². The molecule has 0 amide bonds. The van der Waals surface area contributed by atoms with Crippen LogP contribution in [-0.4, -0.2) is 26.2 Å². The number of rotatable bonds is 8. The van der Waals surface area contributed by atoms with E-state index < -0.39 is 0 Å². The second-order valence-electron chi connectivity index (χ2n) is 8.06. The predicted molar refractivity (Wildman–Crippen MR) is 142 cm³/mol. The van der Waals surface area contributed by atoms with E-state index in [1.165, 1.54) is 0 Å². The minimum Gasteiger partial charge on any atom is -0.456 e. The van der Waals surface area contributed by atoms with Crippen LogP contribution >= 0.6 is 23.2 Å². The Labute approximate surface area is 206 Å². The molecule has 174 valence electrons. The highest BCUT2D eigenvalue weighted by molar-refractivity contribution is 6.38. The molecule has 0 saturated carbocycles. The molecule has 0 unspecified atom stereocenters. The Morgan fingerprint density at radius 1 is 0.939 bits per heavy atom. The third-order valence-corrected chi connectivity index (χ3v) is 6.65. The van der Waals surface area contributed by atoms with Crippen molar-refractivity contribution in [3.63, 3.8) is 0 Å². The Bertz CT molecular complexity index is 1120.